The van der Waals surface area contributed by atoms with Crippen LogP contribution >= 0.6 is 0 Å². The highest BCUT2D eigenvalue weighted by molar-refractivity contribution is 5.89. The van der Waals surface area contributed by atoms with Gasteiger partial charge in [0.05, 0.1) is 12.7 Å². The number of ether oxygens (including phenoxy) is 1. The molecule has 0 spiro atoms. The molecular formula is C13H12O3. The summed E-state index contributed by atoms with van der Waals surface area (Å²) in [6.45, 7) is 1.90. The van der Waals surface area contributed by atoms with Crippen LogP contribution in [0, 0.1) is 6.92 Å². The summed E-state index contributed by atoms with van der Waals surface area (Å²) < 4.78 is 10.1. The molecule has 0 N–H and O–H groups in total. The molecule has 3 heteroatoms. The monoisotopic (exact) mass is 216 g/mol. The van der Waals surface area contributed by atoms with E-state index in [1.165, 1.54) is 7.11 Å². The lowest BCUT2D eigenvalue weighted by molar-refractivity contribution is 0.0601. The van der Waals surface area contributed by atoms with Gasteiger partial charge in [-0.2, -0.15) is 0 Å². The average Bonchev–Trinajstić information content (AvgIpc) is 2.75. The third kappa shape index (κ3) is 1.98. The van der Waals surface area contributed by atoms with Crippen LogP contribution in [0.4, 0.5) is 0 Å². The first-order valence-corrected chi connectivity index (χ1v) is 4.96. The maximum absolute atomic E-state index is 11.2. The van der Waals surface area contributed by atoms with Crippen molar-refractivity contribution in [3.05, 3.63) is 47.7 Å². The predicted octanol–water partition coefficient (Wildman–Crippen LogP) is 3.04. The van der Waals surface area contributed by atoms with E-state index in [4.69, 9.17) is 4.42 Å². The first-order chi connectivity index (χ1) is 7.70. The predicted molar refractivity (Wildman–Crippen MR) is 60.2 cm³/mol. The van der Waals surface area contributed by atoms with Gasteiger partial charge in [-0.3, -0.25) is 0 Å². The van der Waals surface area contributed by atoms with Crippen molar-refractivity contribution in [1.29, 1.82) is 0 Å². The van der Waals surface area contributed by atoms with E-state index >= 15 is 0 Å². The number of carbonyl (C=O) groups is 1. The lowest BCUT2D eigenvalue weighted by Gasteiger charge is -2.00. The van der Waals surface area contributed by atoms with Crippen molar-refractivity contribution in [2.24, 2.45) is 0 Å². The van der Waals surface area contributed by atoms with Crippen molar-refractivity contribution in [2.45, 2.75) is 6.92 Å². The summed E-state index contributed by atoms with van der Waals surface area (Å²) >= 11 is 0. The average molecular weight is 216 g/mol. The zero-order valence-corrected chi connectivity index (χ0v) is 9.19. The Morgan fingerprint density at radius 3 is 2.31 bits per heavy atom. The Kier molecular flexibility index (Phi) is 2.77. The Balaban J connectivity index is 2.29. The molecule has 0 radical (unpaired) electrons. The number of esters is 1. The summed E-state index contributed by atoms with van der Waals surface area (Å²) in [6, 6.07) is 10.9. The molecule has 2 rings (SSSR count). The molecule has 2 aromatic rings. The zero-order chi connectivity index (χ0) is 11.5. The van der Waals surface area contributed by atoms with E-state index in [1.807, 2.05) is 31.2 Å². The second-order valence-corrected chi connectivity index (χ2v) is 3.48. The normalized spacial score (nSPS) is 10.1. The molecule has 0 atom stereocenters. The molecule has 0 fully saturated rings. The van der Waals surface area contributed by atoms with E-state index in [0.29, 0.717) is 5.56 Å². The molecule has 1 heterocycles. The first kappa shape index (κ1) is 10.5. The van der Waals surface area contributed by atoms with Gasteiger partial charge in [0.25, 0.3) is 0 Å². The minimum absolute atomic E-state index is 0.331. The van der Waals surface area contributed by atoms with E-state index in [2.05, 4.69) is 4.74 Å². The molecule has 82 valence electrons. The first-order valence-electron chi connectivity index (χ1n) is 4.96. The van der Waals surface area contributed by atoms with Crippen LogP contribution in [0.5, 0.6) is 0 Å². The van der Waals surface area contributed by atoms with E-state index in [0.717, 1.165) is 17.1 Å². The minimum Gasteiger partial charge on any atom is -0.465 e. The van der Waals surface area contributed by atoms with Gasteiger partial charge in [-0.1, -0.05) is 12.1 Å². The van der Waals surface area contributed by atoms with Crippen LogP contribution < -0.4 is 0 Å². The van der Waals surface area contributed by atoms with Gasteiger partial charge in [0.2, 0.25) is 0 Å². The summed E-state index contributed by atoms with van der Waals surface area (Å²) in [5.74, 6) is 1.34. The van der Waals surface area contributed by atoms with Crippen LogP contribution in [0.25, 0.3) is 11.3 Å². The minimum atomic E-state index is -0.331. The second kappa shape index (κ2) is 4.23. The molecular weight excluding hydrogens is 204 g/mol. The summed E-state index contributed by atoms with van der Waals surface area (Å²) in [7, 11) is 1.37. The van der Waals surface area contributed by atoms with E-state index < -0.39 is 0 Å². The van der Waals surface area contributed by atoms with Crippen LogP contribution in [-0.4, -0.2) is 13.1 Å². The Hall–Kier alpha value is -2.03. The summed E-state index contributed by atoms with van der Waals surface area (Å²) in [5.41, 5.74) is 1.48. The fourth-order valence-corrected chi connectivity index (χ4v) is 1.48. The van der Waals surface area contributed by atoms with Crippen molar-refractivity contribution >= 4 is 5.97 Å². The molecule has 0 aliphatic carbocycles. The van der Waals surface area contributed by atoms with Crippen molar-refractivity contribution in [1.82, 2.24) is 0 Å². The highest BCUT2D eigenvalue weighted by Gasteiger charge is 2.06. The quantitative estimate of drug-likeness (QED) is 0.724. The Bertz CT molecular complexity index is 494. The number of hydrogen-bond acceptors (Lipinski definition) is 3. The van der Waals surface area contributed by atoms with Gasteiger partial charge in [0.15, 0.2) is 0 Å². The summed E-state index contributed by atoms with van der Waals surface area (Å²) in [4.78, 5) is 11.2. The fourth-order valence-electron chi connectivity index (χ4n) is 1.48. The van der Waals surface area contributed by atoms with Crippen molar-refractivity contribution in [2.75, 3.05) is 7.11 Å². The van der Waals surface area contributed by atoms with Gasteiger partial charge in [-0.25, -0.2) is 4.79 Å². The lowest BCUT2D eigenvalue weighted by atomic mass is 10.1. The standard InChI is InChI=1S/C13H12O3/c1-9-3-8-12(16-9)10-4-6-11(7-5-10)13(14)15-2/h3-8H,1-2H3. The number of rotatable bonds is 2. The van der Waals surface area contributed by atoms with Crippen LogP contribution in [0.3, 0.4) is 0 Å². The van der Waals surface area contributed by atoms with Gasteiger partial charge in [0.1, 0.15) is 11.5 Å². The van der Waals surface area contributed by atoms with Crippen LogP contribution in [0.15, 0.2) is 40.8 Å². The molecule has 1 aromatic carbocycles. The number of aryl methyl sites for hydroxylation is 1. The Morgan fingerprint density at radius 1 is 1.12 bits per heavy atom. The second-order valence-electron chi connectivity index (χ2n) is 3.48. The van der Waals surface area contributed by atoms with Gasteiger partial charge in [-0.15, -0.1) is 0 Å². The molecule has 0 bridgehead atoms. The zero-order valence-electron chi connectivity index (χ0n) is 9.19. The molecule has 0 aliphatic heterocycles. The maximum atomic E-state index is 11.2. The van der Waals surface area contributed by atoms with Crippen molar-refractivity contribution in [3.8, 4) is 11.3 Å². The summed E-state index contributed by atoms with van der Waals surface area (Å²) in [6.07, 6.45) is 0. The molecule has 0 amide bonds. The third-order valence-corrected chi connectivity index (χ3v) is 2.33. The maximum Gasteiger partial charge on any atom is 0.337 e. The number of carbonyl (C=O) groups excluding carboxylic acids is 1. The number of methoxy groups -OCH3 is 1. The SMILES string of the molecule is COC(=O)c1ccc(-c2ccc(C)o2)cc1. The highest BCUT2D eigenvalue weighted by Crippen LogP contribution is 2.22. The largest absolute Gasteiger partial charge is 0.465 e. The Labute approximate surface area is 93.7 Å². The highest BCUT2D eigenvalue weighted by atomic mass is 16.5. The number of benzene rings is 1. The van der Waals surface area contributed by atoms with E-state index in [1.54, 1.807) is 12.1 Å². The molecule has 3 nitrogen and oxygen atoms in total. The van der Waals surface area contributed by atoms with Crippen LogP contribution in [0.1, 0.15) is 16.1 Å². The van der Waals surface area contributed by atoms with Crippen molar-refractivity contribution < 1.29 is 13.9 Å². The molecule has 0 saturated carbocycles. The number of furan rings is 1. The molecule has 16 heavy (non-hydrogen) atoms. The van der Waals surface area contributed by atoms with Gasteiger partial charge in [0, 0.05) is 5.56 Å². The van der Waals surface area contributed by atoms with Gasteiger partial charge >= 0.3 is 5.97 Å². The third-order valence-electron chi connectivity index (χ3n) is 2.33. The fraction of sp³-hybridized carbons (Fsp3) is 0.154. The smallest absolute Gasteiger partial charge is 0.337 e. The molecule has 0 saturated heterocycles. The van der Waals surface area contributed by atoms with Crippen LogP contribution in [-0.2, 0) is 4.74 Å². The molecule has 0 unspecified atom stereocenters. The van der Waals surface area contributed by atoms with Crippen LogP contribution in [0.2, 0.25) is 0 Å². The lowest BCUT2D eigenvalue weighted by Crippen LogP contribution is -2.00. The Morgan fingerprint density at radius 2 is 1.81 bits per heavy atom. The number of hydrogen-bond donors (Lipinski definition) is 0. The van der Waals surface area contributed by atoms with E-state index in [-0.39, 0.29) is 5.97 Å². The van der Waals surface area contributed by atoms with Crippen molar-refractivity contribution in [3.63, 3.8) is 0 Å². The summed E-state index contributed by atoms with van der Waals surface area (Å²) in [5, 5.41) is 0. The van der Waals surface area contributed by atoms with Gasteiger partial charge < -0.3 is 9.15 Å². The van der Waals surface area contributed by atoms with Gasteiger partial charge in [-0.05, 0) is 31.2 Å². The van der Waals surface area contributed by atoms with E-state index in [9.17, 15) is 4.79 Å². The molecule has 0 aliphatic rings. The topological polar surface area (TPSA) is 39.4 Å². The molecule has 1 aromatic heterocycles.